The molecule has 0 aliphatic rings. The fourth-order valence-corrected chi connectivity index (χ4v) is 6.10. The Kier molecular flexibility index (Phi) is 9.45. The number of anilines is 2. The van der Waals surface area contributed by atoms with E-state index in [-0.39, 0.29) is 17.4 Å². The number of benzene rings is 5. The largest absolute Gasteiger partial charge is 0.341 e. The Balaban J connectivity index is 1.12. The van der Waals surface area contributed by atoms with Crippen molar-refractivity contribution >= 4 is 68.7 Å². The first-order valence-electron chi connectivity index (χ1n) is 15.1. The van der Waals surface area contributed by atoms with Gasteiger partial charge in [0, 0.05) is 50.2 Å². The van der Waals surface area contributed by atoms with Gasteiger partial charge in [0.2, 0.25) is 5.91 Å². The van der Waals surface area contributed by atoms with Crippen LogP contribution in [0.4, 0.5) is 15.8 Å². The van der Waals surface area contributed by atoms with E-state index in [4.69, 9.17) is 0 Å². The van der Waals surface area contributed by atoms with Crippen molar-refractivity contribution in [1.82, 2.24) is 9.88 Å². The van der Waals surface area contributed by atoms with Crippen molar-refractivity contribution in [3.63, 3.8) is 0 Å². The molecule has 0 spiro atoms. The molecule has 3 amide bonds. The van der Waals surface area contributed by atoms with Crippen LogP contribution in [0.1, 0.15) is 22.8 Å². The molecule has 3 N–H and O–H groups in total. The van der Waals surface area contributed by atoms with E-state index in [0.29, 0.717) is 16.8 Å². The number of aromatic nitrogens is 1. The fraction of sp³-hybridized carbons (Fsp3) is 0.0789. The van der Waals surface area contributed by atoms with Gasteiger partial charge in [0.25, 0.3) is 11.8 Å². The highest BCUT2D eigenvalue weighted by atomic mass is 32.2. The van der Waals surface area contributed by atoms with Gasteiger partial charge < -0.3 is 20.5 Å². The molecule has 9 heteroatoms. The molecule has 1 heterocycles. The smallest absolute Gasteiger partial charge is 0.272 e. The molecule has 0 aliphatic heterocycles. The molecule has 0 saturated carbocycles. The van der Waals surface area contributed by atoms with E-state index in [1.165, 1.54) is 42.1 Å². The molecule has 0 atom stereocenters. The van der Waals surface area contributed by atoms with Crippen LogP contribution >= 0.6 is 11.8 Å². The van der Waals surface area contributed by atoms with Gasteiger partial charge in [0.15, 0.2) is 0 Å². The molecule has 6 aromatic rings. The van der Waals surface area contributed by atoms with Crippen molar-refractivity contribution in [2.24, 2.45) is 0 Å². The number of amides is 3. The summed E-state index contributed by atoms with van der Waals surface area (Å²) in [6.07, 6.45) is 1.48. The zero-order valence-electron chi connectivity index (χ0n) is 25.5. The quantitative estimate of drug-likeness (QED) is 0.104. The SMILES string of the molecule is CCn1c2ccccc2c2cc(NC(=O)CSc3cccc(NC(=O)/C(=C/c4ccc(F)cc4)NC(=O)c4ccccc4)c3)ccc21. The predicted octanol–water partition coefficient (Wildman–Crippen LogP) is 8.09. The number of halogens is 1. The normalized spacial score (nSPS) is 11.4. The zero-order chi connectivity index (χ0) is 32.8. The first-order valence-corrected chi connectivity index (χ1v) is 16.1. The summed E-state index contributed by atoms with van der Waals surface area (Å²) in [7, 11) is 0. The molecule has 0 saturated heterocycles. The highest BCUT2D eigenvalue weighted by Crippen LogP contribution is 2.31. The van der Waals surface area contributed by atoms with Crippen molar-refractivity contribution in [2.75, 3.05) is 16.4 Å². The van der Waals surface area contributed by atoms with Crippen molar-refractivity contribution in [1.29, 1.82) is 0 Å². The highest BCUT2D eigenvalue weighted by Gasteiger charge is 2.16. The molecule has 0 fully saturated rings. The van der Waals surface area contributed by atoms with Gasteiger partial charge in [0.1, 0.15) is 11.5 Å². The number of carbonyl (C=O) groups excluding carboxylic acids is 3. The van der Waals surface area contributed by atoms with Crippen LogP contribution in [0.5, 0.6) is 0 Å². The summed E-state index contributed by atoms with van der Waals surface area (Å²) in [6.45, 7) is 2.97. The van der Waals surface area contributed by atoms with Crippen LogP contribution in [0, 0.1) is 5.82 Å². The van der Waals surface area contributed by atoms with Crippen LogP contribution < -0.4 is 16.0 Å². The molecular formula is C38H31FN4O3S. The highest BCUT2D eigenvalue weighted by molar-refractivity contribution is 8.00. The summed E-state index contributed by atoms with van der Waals surface area (Å²) >= 11 is 1.34. The topological polar surface area (TPSA) is 92.2 Å². The summed E-state index contributed by atoms with van der Waals surface area (Å²) in [5.41, 5.74) is 4.40. The van der Waals surface area contributed by atoms with Gasteiger partial charge in [-0.2, -0.15) is 0 Å². The third kappa shape index (κ3) is 7.43. The predicted molar refractivity (Wildman–Crippen MR) is 188 cm³/mol. The summed E-state index contributed by atoms with van der Waals surface area (Å²) in [5.74, 6) is -1.42. The second-order valence-corrected chi connectivity index (χ2v) is 11.8. The molecule has 0 bridgehead atoms. The van der Waals surface area contributed by atoms with E-state index < -0.39 is 17.6 Å². The van der Waals surface area contributed by atoms with Crippen molar-refractivity contribution in [2.45, 2.75) is 18.4 Å². The van der Waals surface area contributed by atoms with Gasteiger partial charge in [0.05, 0.1) is 5.75 Å². The fourth-order valence-electron chi connectivity index (χ4n) is 5.35. The standard InChI is InChI=1S/C38H31FN4O3S/c1-2-43-34-14-7-6-13-31(34)32-23-29(19-20-35(32)43)40-36(44)24-47-30-12-8-11-28(22-30)41-38(46)33(21-25-15-17-27(39)18-16-25)42-37(45)26-9-4-3-5-10-26/h3-23H,2,24H2,1H3,(H,40,44)(H,41,46)(H,42,45)/b33-21-. The van der Waals surface area contributed by atoms with Gasteiger partial charge in [-0.25, -0.2) is 4.39 Å². The number of para-hydroxylation sites is 1. The van der Waals surface area contributed by atoms with Crippen LogP contribution in [0.3, 0.4) is 0 Å². The maximum atomic E-state index is 13.5. The van der Waals surface area contributed by atoms with E-state index >= 15 is 0 Å². The second kappa shape index (κ2) is 14.2. The molecule has 47 heavy (non-hydrogen) atoms. The first-order chi connectivity index (χ1) is 22.9. The lowest BCUT2D eigenvalue weighted by atomic mass is 10.1. The Labute approximate surface area is 275 Å². The number of rotatable bonds is 10. The van der Waals surface area contributed by atoms with E-state index in [2.05, 4.69) is 39.6 Å². The number of thioether (sulfide) groups is 1. The number of hydrogen-bond acceptors (Lipinski definition) is 4. The van der Waals surface area contributed by atoms with Gasteiger partial charge in [-0.3, -0.25) is 14.4 Å². The Hall–Kier alpha value is -5.67. The minimum atomic E-state index is -0.557. The zero-order valence-corrected chi connectivity index (χ0v) is 26.3. The first kappa shape index (κ1) is 31.3. The van der Waals surface area contributed by atoms with Crippen LogP contribution in [0.15, 0.2) is 132 Å². The second-order valence-electron chi connectivity index (χ2n) is 10.7. The Morgan fingerprint density at radius 2 is 1.47 bits per heavy atom. The van der Waals surface area contributed by atoms with Crippen LogP contribution in [-0.4, -0.2) is 28.0 Å². The molecule has 0 radical (unpaired) electrons. The van der Waals surface area contributed by atoms with Gasteiger partial charge in [-0.1, -0.05) is 54.6 Å². The summed E-state index contributed by atoms with van der Waals surface area (Å²) in [6, 6.07) is 35.4. The van der Waals surface area contributed by atoms with Gasteiger partial charge >= 0.3 is 0 Å². The van der Waals surface area contributed by atoms with E-state index in [9.17, 15) is 18.8 Å². The Morgan fingerprint density at radius 3 is 2.26 bits per heavy atom. The van der Waals surface area contributed by atoms with Crippen LogP contribution in [-0.2, 0) is 16.1 Å². The number of nitrogens with zero attached hydrogens (tertiary/aromatic N) is 1. The molecule has 0 unspecified atom stereocenters. The maximum Gasteiger partial charge on any atom is 0.272 e. The monoisotopic (exact) mass is 642 g/mol. The van der Waals surface area contributed by atoms with Crippen LogP contribution in [0.2, 0.25) is 0 Å². The number of hydrogen-bond donors (Lipinski definition) is 3. The van der Waals surface area contributed by atoms with Crippen molar-refractivity contribution < 1.29 is 18.8 Å². The number of nitrogens with one attached hydrogen (secondary N) is 3. The lowest BCUT2D eigenvalue weighted by Gasteiger charge is -2.12. The summed E-state index contributed by atoms with van der Waals surface area (Å²) < 4.78 is 15.7. The summed E-state index contributed by atoms with van der Waals surface area (Å²) in [4.78, 5) is 40.0. The Morgan fingerprint density at radius 1 is 0.745 bits per heavy atom. The molecule has 6 rings (SSSR count). The van der Waals surface area contributed by atoms with Crippen molar-refractivity contribution in [3.8, 4) is 0 Å². The third-order valence-corrected chi connectivity index (χ3v) is 8.54. The average molecular weight is 643 g/mol. The van der Waals surface area contributed by atoms with Gasteiger partial charge in [-0.15, -0.1) is 11.8 Å². The van der Waals surface area contributed by atoms with E-state index in [1.54, 1.807) is 48.5 Å². The molecule has 234 valence electrons. The van der Waals surface area contributed by atoms with E-state index in [1.807, 2.05) is 36.4 Å². The minimum Gasteiger partial charge on any atom is -0.341 e. The Bertz CT molecular complexity index is 2120. The number of carbonyl (C=O) groups is 3. The lowest BCUT2D eigenvalue weighted by molar-refractivity contribution is -0.114. The molecule has 7 nitrogen and oxygen atoms in total. The number of fused-ring (bicyclic) bond motifs is 3. The van der Waals surface area contributed by atoms with Crippen LogP contribution in [0.25, 0.3) is 27.9 Å². The molecule has 1 aromatic heterocycles. The van der Waals surface area contributed by atoms with E-state index in [0.717, 1.165) is 38.9 Å². The lowest BCUT2D eigenvalue weighted by Crippen LogP contribution is -2.30. The third-order valence-electron chi connectivity index (χ3n) is 7.54. The molecular weight excluding hydrogens is 612 g/mol. The molecule has 0 aliphatic carbocycles. The number of aryl methyl sites for hydroxylation is 1. The summed E-state index contributed by atoms with van der Waals surface area (Å²) in [5, 5.41) is 10.7. The average Bonchev–Trinajstić information content (AvgIpc) is 3.41. The molecule has 5 aromatic carbocycles. The van der Waals surface area contributed by atoms with Crippen molar-refractivity contribution in [3.05, 3.63) is 144 Å². The maximum absolute atomic E-state index is 13.5. The van der Waals surface area contributed by atoms with Gasteiger partial charge in [-0.05, 0) is 85.3 Å². The minimum absolute atomic E-state index is 0.0121.